The molecule has 0 unspecified atom stereocenters. The molecule has 1 fully saturated rings. The van der Waals surface area contributed by atoms with Gasteiger partial charge in [-0.25, -0.2) is 0 Å². The van der Waals surface area contributed by atoms with Crippen LogP contribution in [0.2, 0.25) is 0 Å². The molecule has 0 saturated heterocycles. The molecular weight excluding hydrogens is 216 g/mol. The highest BCUT2D eigenvalue weighted by Gasteiger charge is 2.53. The van der Waals surface area contributed by atoms with Gasteiger partial charge in [-0.2, -0.15) is 0 Å². The fourth-order valence-corrected chi connectivity index (χ4v) is 3.31. The monoisotopic (exact) mass is 234 g/mol. The lowest BCUT2D eigenvalue weighted by Crippen LogP contribution is -2.28. The standard InChI is InChI=1S/C14H18O3/c1-2-3-4-13(17)14-10-6-5-9(11(10)7-15)12(14)8-16/h5-12,14H,2-4H2,1H3/t9-,10+,11-,12+,14-/m0/s1. The quantitative estimate of drug-likeness (QED) is 0.520. The summed E-state index contributed by atoms with van der Waals surface area (Å²) in [4.78, 5) is 34.3. The van der Waals surface area contributed by atoms with Crippen molar-refractivity contribution < 1.29 is 14.4 Å². The van der Waals surface area contributed by atoms with E-state index in [4.69, 9.17) is 0 Å². The van der Waals surface area contributed by atoms with Gasteiger partial charge in [0, 0.05) is 24.2 Å². The molecule has 0 aromatic heterocycles. The van der Waals surface area contributed by atoms with E-state index in [0.717, 1.165) is 25.4 Å². The van der Waals surface area contributed by atoms with Gasteiger partial charge in [0.05, 0.1) is 0 Å². The van der Waals surface area contributed by atoms with Crippen LogP contribution in [0.5, 0.6) is 0 Å². The maximum atomic E-state index is 12.1. The van der Waals surface area contributed by atoms with Crippen LogP contribution in [0.25, 0.3) is 0 Å². The van der Waals surface area contributed by atoms with Gasteiger partial charge >= 0.3 is 0 Å². The molecule has 2 bridgehead atoms. The van der Waals surface area contributed by atoms with E-state index in [1.165, 1.54) is 0 Å². The first-order valence-corrected chi connectivity index (χ1v) is 6.36. The first-order chi connectivity index (χ1) is 8.24. The molecule has 1 saturated carbocycles. The Hall–Kier alpha value is -1.25. The maximum Gasteiger partial charge on any atom is 0.137 e. The van der Waals surface area contributed by atoms with Crippen LogP contribution in [0.4, 0.5) is 0 Å². The molecule has 0 spiro atoms. The van der Waals surface area contributed by atoms with E-state index in [2.05, 4.69) is 0 Å². The number of fused-ring (bicyclic) bond motifs is 2. The van der Waals surface area contributed by atoms with Crippen molar-refractivity contribution in [3.8, 4) is 0 Å². The molecule has 0 radical (unpaired) electrons. The second-order valence-electron chi connectivity index (χ2n) is 5.06. The van der Waals surface area contributed by atoms with Gasteiger partial charge in [0.15, 0.2) is 0 Å². The highest BCUT2D eigenvalue weighted by molar-refractivity contribution is 5.87. The third-order valence-corrected chi connectivity index (χ3v) is 4.18. The van der Waals surface area contributed by atoms with Crippen molar-refractivity contribution in [1.82, 2.24) is 0 Å². The predicted molar refractivity (Wildman–Crippen MR) is 63.3 cm³/mol. The Morgan fingerprint density at radius 2 is 1.76 bits per heavy atom. The topological polar surface area (TPSA) is 51.2 Å². The Morgan fingerprint density at radius 3 is 2.35 bits per heavy atom. The van der Waals surface area contributed by atoms with E-state index in [1.807, 2.05) is 19.1 Å². The van der Waals surface area contributed by atoms with Crippen molar-refractivity contribution in [3.05, 3.63) is 12.2 Å². The smallest absolute Gasteiger partial charge is 0.137 e. The van der Waals surface area contributed by atoms with Gasteiger partial charge < -0.3 is 9.59 Å². The Labute approximate surface area is 101 Å². The van der Waals surface area contributed by atoms with Gasteiger partial charge in [-0.15, -0.1) is 0 Å². The van der Waals surface area contributed by atoms with E-state index in [0.29, 0.717) is 6.42 Å². The summed E-state index contributed by atoms with van der Waals surface area (Å²) < 4.78 is 0. The minimum Gasteiger partial charge on any atom is -0.303 e. The Kier molecular flexibility index (Phi) is 3.55. The molecule has 0 heterocycles. The first kappa shape index (κ1) is 12.2. The number of carbonyl (C=O) groups is 3. The number of unbranched alkanes of at least 4 members (excludes halogenated alkanes) is 1. The minimum absolute atomic E-state index is 0.0305. The molecule has 2 aliphatic rings. The molecule has 0 N–H and O–H groups in total. The Bertz CT molecular complexity index is 356. The zero-order chi connectivity index (χ0) is 12.4. The highest BCUT2D eigenvalue weighted by Crippen LogP contribution is 2.51. The summed E-state index contributed by atoms with van der Waals surface area (Å²) in [6, 6.07) is 0. The summed E-state index contributed by atoms with van der Waals surface area (Å²) in [6.07, 6.45) is 8.07. The average Bonchev–Trinajstić information content (AvgIpc) is 2.89. The van der Waals surface area contributed by atoms with Crippen molar-refractivity contribution in [3.63, 3.8) is 0 Å². The molecule has 3 heteroatoms. The van der Waals surface area contributed by atoms with Crippen LogP contribution in [0.15, 0.2) is 12.2 Å². The minimum atomic E-state index is -0.274. The second kappa shape index (κ2) is 4.94. The summed E-state index contributed by atoms with van der Waals surface area (Å²) in [7, 11) is 0. The van der Waals surface area contributed by atoms with Gasteiger partial charge in [0.25, 0.3) is 0 Å². The third-order valence-electron chi connectivity index (χ3n) is 4.18. The SMILES string of the molecule is CCCCC(=O)[C@@H]1[C@H](C=O)[C@H]2C=C[C@@H]1[C@H]2C=O. The zero-order valence-electron chi connectivity index (χ0n) is 10.0. The molecule has 3 nitrogen and oxygen atoms in total. The van der Waals surface area contributed by atoms with Gasteiger partial charge in [-0.1, -0.05) is 25.5 Å². The highest BCUT2D eigenvalue weighted by atomic mass is 16.1. The van der Waals surface area contributed by atoms with E-state index in [-0.39, 0.29) is 35.4 Å². The maximum absolute atomic E-state index is 12.1. The molecule has 0 aliphatic heterocycles. The Balaban J connectivity index is 2.16. The van der Waals surface area contributed by atoms with Crippen LogP contribution < -0.4 is 0 Å². The summed E-state index contributed by atoms with van der Waals surface area (Å²) in [5, 5.41) is 0. The van der Waals surface area contributed by atoms with Gasteiger partial charge in [0.1, 0.15) is 18.4 Å². The van der Waals surface area contributed by atoms with Gasteiger partial charge in [-0.3, -0.25) is 4.79 Å². The number of allylic oxidation sites excluding steroid dienone is 2. The molecule has 0 amide bonds. The van der Waals surface area contributed by atoms with Crippen molar-refractivity contribution in [2.75, 3.05) is 0 Å². The van der Waals surface area contributed by atoms with Crippen LogP contribution in [-0.4, -0.2) is 18.4 Å². The summed E-state index contributed by atoms with van der Waals surface area (Å²) in [5.41, 5.74) is 0. The largest absolute Gasteiger partial charge is 0.303 e. The number of Topliss-reactive ketones (excluding diaryl/α,β-unsaturated/α-hetero) is 1. The van der Waals surface area contributed by atoms with Crippen molar-refractivity contribution in [2.45, 2.75) is 26.2 Å². The number of hydrogen-bond donors (Lipinski definition) is 0. The molecule has 0 aromatic carbocycles. The number of hydrogen-bond acceptors (Lipinski definition) is 3. The molecule has 92 valence electrons. The van der Waals surface area contributed by atoms with Crippen molar-refractivity contribution >= 4 is 18.4 Å². The van der Waals surface area contributed by atoms with Crippen molar-refractivity contribution in [1.29, 1.82) is 0 Å². The number of rotatable bonds is 6. The lowest BCUT2D eigenvalue weighted by Gasteiger charge is -2.22. The molecule has 5 atom stereocenters. The van der Waals surface area contributed by atoms with Crippen LogP contribution in [0.1, 0.15) is 26.2 Å². The zero-order valence-corrected chi connectivity index (χ0v) is 10.0. The molecule has 17 heavy (non-hydrogen) atoms. The Morgan fingerprint density at radius 1 is 1.12 bits per heavy atom. The van der Waals surface area contributed by atoms with Crippen LogP contribution in [-0.2, 0) is 14.4 Å². The van der Waals surface area contributed by atoms with E-state index in [9.17, 15) is 14.4 Å². The van der Waals surface area contributed by atoms with E-state index < -0.39 is 0 Å². The lowest BCUT2D eigenvalue weighted by molar-refractivity contribution is -0.128. The van der Waals surface area contributed by atoms with Gasteiger partial charge in [0.2, 0.25) is 0 Å². The van der Waals surface area contributed by atoms with E-state index in [1.54, 1.807) is 0 Å². The van der Waals surface area contributed by atoms with Crippen LogP contribution >= 0.6 is 0 Å². The average molecular weight is 234 g/mol. The molecule has 2 rings (SSSR count). The summed E-state index contributed by atoms with van der Waals surface area (Å²) >= 11 is 0. The molecular formula is C14H18O3. The van der Waals surface area contributed by atoms with Crippen LogP contribution in [0, 0.1) is 29.6 Å². The normalized spacial score (nSPS) is 38.3. The number of aldehydes is 2. The molecule has 2 aliphatic carbocycles. The molecule has 0 aromatic rings. The van der Waals surface area contributed by atoms with Crippen LogP contribution in [0.3, 0.4) is 0 Å². The summed E-state index contributed by atoms with van der Waals surface area (Å²) in [5.74, 6) is -0.579. The van der Waals surface area contributed by atoms with Crippen molar-refractivity contribution in [2.24, 2.45) is 29.6 Å². The number of ketones is 1. The predicted octanol–water partition coefficient (Wildman–Crippen LogP) is 1.81. The van der Waals surface area contributed by atoms with Gasteiger partial charge in [-0.05, 0) is 18.3 Å². The fourth-order valence-electron chi connectivity index (χ4n) is 3.31. The fraction of sp³-hybridized carbons (Fsp3) is 0.643. The van der Waals surface area contributed by atoms with E-state index >= 15 is 0 Å². The number of carbonyl (C=O) groups excluding carboxylic acids is 3. The third kappa shape index (κ3) is 1.88. The summed E-state index contributed by atoms with van der Waals surface area (Å²) in [6.45, 7) is 2.04. The second-order valence-corrected chi connectivity index (χ2v) is 5.06. The lowest BCUT2D eigenvalue weighted by atomic mass is 9.80. The first-order valence-electron chi connectivity index (χ1n) is 6.36.